The quantitative estimate of drug-likeness (QED) is 0.709. The van der Waals surface area contributed by atoms with Gasteiger partial charge < -0.3 is 15.0 Å². The van der Waals surface area contributed by atoms with Gasteiger partial charge >= 0.3 is 0 Å². The molecule has 4 heteroatoms. The molecular formula is C14H23BrN2O. The van der Waals surface area contributed by atoms with Gasteiger partial charge in [0.05, 0.1) is 4.47 Å². The second-order valence-electron chi connectivity index (χ2n) is 4.06. The number of hydrogen-bond donors (Lipinski definition) is 1. The second kappa shape index (κ2) is 9.36. The van der Waals surface area contributed by atoms with Crippen molar-refractivity contribution in [1.82, 2.24) is 10.2 Å². The first-order valence-electron chi connectivity index (χ1n) is 6.58. The van der Waals surface area contributed by atoms with Gasteiger partial charge in [0.2, 0.25) is 0 Å². The third kappa shape index (κ3) is 5.85. The average Bonchev–Trinajstić information content (AvgIpc) is 2.40. The van der Waals surface area contributed by atoms with Crippen LogP contribution >= 0.6 is 15.9 Å². The van der Waals surface area contributed by atoms with Crippen LogP contribution in [0.15, 0.2) is 28.7 Å². The molecule has 0 aliphatic rings. The molecule has 0 unspecified atom stereocenters. The molecule has 0 radical (unpaired) electrons. The molecule has 0 atom stereocenters. The Balaban J connectivity index is 2.07. The lowest BCUT2D eigenvalue weighted by Crippen LogP contribution is -2.33. The maximum Gasteiger partial charge on any atom is 0.133 e. The molecule has 102 valence electrons. The number of nitrogens with one attached hydrogen (secondary N) is 1. The number of benzene rings is 1. The van der Waals surface area contributed by atoms with Gasteiger partial charge in [-0.05, 0) is 41.2 Å². The van der Waals surface area contributed by atoms with Crippen molar-refractivity contribution in [3.63, 3.8) is 0 Å². The number of ether oxygens (including phenoxy) is 1. The van der Waals surface area contributed by atoms with E-state index in [4.69, 9.17) is 4.74 Å². The van der Waals surface area contributed by atoms with Crippen molar-refractivity contribution in [3.8, 4) is 5.75 Å². The van der Waals surface area contributed by atoms with Crippen molar-refractivity contribution in [3.05, 3.63) is 28.7 Å². The second-order valence-corrected chi connectivity index (χ2v) is 4.91. The number of rotatable bonds is 9. The number of hydrogen-bond acceptors (Lipinski definition) is 3. The molecule has 1 aromatic carbocycles. The first kappa shape index (κ1) is 15.5. The Bertz CT molecular complexity index is 329. The van der Waals surface area contributed by atoms with Crippen LogP contribution in [0.3, 0.4) is 0 Å². The Hall–Kier alpha value is -0.580. The lowest BCUT2D eigenvalue weighted by atomic mass is 10.3. The minimum absolute atomic E-state index is 0.695. The van der Waals surface area contributed by atoms with Gasteiger partial charge in [-0.1, -0.05) is 26.0 Å². The summed E-state index contributed by atoms with van der Waals surface area (Å²) in [5.41, 5.74) is 0. The summed E-state index contributed by atoms with van der Waals surface area (Å²) in [5.74, 6) is 0.906. The van der Waals surface area contributed by atoms with Gasteiger partial charge in [0.1, 0.15) is 12.4 Å². The molecule has 0 amide bonds. The molecule has 1 N–H and O–H groups in total. The number of nitrogens with zero attached hydrogens (tertiary/aromatic N) is 1. The summed E-state index contributed by atoms with van der Waals surface area (Å²) in [7, 11) is 0. The van der Waals surface area contributed by atoms with Crippen LogP contribution in [0, 0.1) is 0 Å². The molecule has 0 aromatic heterocycles. The van der Waals surface area contributed by atoms with Gasteiger partial charge in [-0.25, -0.2) is 0 Å². The molecule has 0 bridgehead atoms. The average molecular weight is 315 g/mol. The van der Waals surface area contributed by atoms with E-state index in [1.165, 1.54) is 0 Å². The van der Waals surface area contributed by atoms with Crippen LogP contribution in [0.5, 0.6) is 5.75 Å². The van der Waals surface area contributed by atoms with Gasteiger partial charge in [-0.15, -0.1) is 0 Å². The number of likely N-dealkylation sites (N-methyl/N-ethyl adjacent to an activating group) is 1. The normalized spacial score (nSPS) is 10.9. The van der Waals surface area contributed by atoms with E-state index in [1.807, 2.05) is 24.3 Å². The molecule has 0 saturated carbocycles. The molecule has 0 fully saturated rings. The van der Waals surface area contributed by atoms with Crippen LogP contribution in [0.1, 0.15) is 13.8 Å². The van der Waals surface area contributed by atoms with Crippen LogP contribution in [0.25, 0.3) is 0 Å². The minimum Gasteiger partial charge on any atom is -0.491 e. The molecule has 3 nitrogen and oxygen atoms in total. The summed E-state index contributed by atoms with van der Waals surface area (Å²) in [6, 6.07) is 7.93. The maximum absolute atomic E-state index is 5.67. The predicted octanol–water partition coefficient (Wildman–Crippen LogP) is 2.76. The van der Waals surface area contributed by atoms with E-state index < -0.39 is 0 Å². The highest BCUT2D eigenvalue weighted by molar-refractivity contribution is 9.10. The smallest absolute Gasteiger partial charge is 0.133 e. The topological polar surface area (TPSA) is 24.5 Å². The molecule has 18 heavy (non-hydrogen) atoms. The Morgan fingerprint density at radius 2 is 1.89 bits per heavy atom. The Kier molecular flexibility index (Phi) is 8.05. The van der Waals surface area contributed by atoms with Gasteiger partial charge in [-0.3, -0.25) is 0 Å². The van der Waals surface area contributed by atoms with Crippen molar-refractivity contribution < 1.29 is 4.74 Å². The van der Waals surface area contributed by atoms with Crippen LogP contribution < -0.4 is 10.1 Å². The van der Waals surface area contributed by atoms with Crippen molar-refractivity contribution in [2.75, 3.05) is 39.3 Å². The van der Waals surface area contributed by atoms with E-state index in [0.29, 0.717) is 6.61 Å². The van der Waals surface area contributed by atoms with Crippen LogP contribution in [-0.2, 0) is 0 Å². The fourth-order valence-electron chi connectivity index (χ4n) is 1.70. The summed E-state index contributed by atoms with van der Waals surface area (Å²) < 4.78 is 6.68. The van der Waals surface area contributed by atoms with Crippen LogP contribution in [-0.4, -0.2) is 44.2 Å². The van der Waals surface area contributed by atoms with E-state index in [1.54, 1.807) is 0 Å². The third-order valence-electron chi connectivity index (χ3n) is 2.87. The van der Waals surface area contributed by atoms with Crippen molar-refractivity contribution in [1.29, 1.82) is 0 Å². The fraction of sp³-hybridized carbons (Fsp3) is 0.571. The van der Waals surface area contributed by atoms with Crippen molar-refractivity contribution in [2.24, 2.45) is 0 Å². The molecule has 1 rings (SSSR count). The first-order chi connectivity index (χ1) is 8.77. The molecule has 0 spiro atoms. The highest BCUT2D eigenvalue weighted by Crippen LogP contribution is 2.23. The van der Waals surface area contributed by atoms with Gasteiger partial charge in [0.15, 0.2) is 0 Å². The SMILES string of the molecule is CCN(CC)CCNCCOc1ccccc1Br. The molecule has 0 aliphatic heterocycles. The molecule has 1 aromatic rings. The predicted molar refractivity (Wildman–Crippen MR) is 80.3 cm³/mol. The molecule has 0 aliphatic carbocycles. The van der Waals surface area contributed by atoms with Crippen molar-refractivity contribution >= 4 is 15.9 Å². The first-order valence-corrected chi connectivity index (χ1v) is 7.37. The highest BCUT2D eigenvalue weighted by Gasteiger charge is 1.99. The maximum atomic E-state index is 5.67. The summed E-state index contributed by atoms with van der Waals surface area (Å²) in [4.78, 5) is 2.40. The third-order valence-corrected chi connectivity index (χ3v) is 3.53. The summed E-state index contributed by atoms with van der Waals surface area (Å²) in [5, 5.41) is 3.39. The van der Waals surface area contributed by atoms with E-state index in [-0.39, 0.29) is 0 Å². The molecule has 0 heterocycles. The summed E-state index contributed by atoms with van der Waals surface area (Å²) in [6.07, 6.45) is 0. The number of halogens is 1. The zero-order valence-corrected chi connectivity index (χ0v) is 12.9. The highest BCUT2D eigenvalue weighted by atomic mass is 79.9. The van der Waals surface area contributed by atoms with Gasteiger partial charge in [0.25, 0.3) is 0 Å². The zero-order chi connectivity index (χ0) is 13.2. The lowest BCUT2D eigenvalue weighted by Gasteiger charge is -2.18. The van der Waals surface area contributed by atoms with E-state index in [0.717, 1.165) is 42.9 Å². The van der Waals surface area contributed by atoms with Gasteiger partial charge in [-0.2, -0.15) is 0 Å². The Labute approximate surface area is 119 Å². The molecule has 0 saturated heterocycles. The number of para-hydroxylation sites is 1. The molecular weight excluding hydrogens is 292 g/mol. The van der Waals surface area contributed by atoms with Gasteiger partial charge in [0, 0.05) is 19.6 Å². The summed E-state index contributed by atoms with van der Waals surface area (Å²) >= 11 is 3.46. The lowest BCUT2D eigenvalue weighted by molar-refractivity contribution is 0.285. The van der Waals surface area contributed by atoms with E-state index >= 15 is 0 Å². The minimum atomic E-state index is 0.695. The van der Waals surface area contributed by atoms with E-state index in [9.17, 15) is 0 Å². The largest absolute Gasteiger partial charge is 0.491 e. The van der Waals surface area contributed by atoms with Crippen LogP contribution in [0.2, 0.25) is 0 Å². The fourth-order valence-corrected chi connectivity index (χ4v) is 2.10. The monoisotopic (exact) mass is 314 g/mol. The Morgan fingerprint density at radius 3 is 2.56 bits per heavy atom. The standard InChI is InChI=1S/C14H23BrN2O/c1-3-17(4-2)11-9-16-10-12-18-14-8-6-5-7-13(14)15/h5-8,16H,3-4,9-12H2,1-2H3. The van der Waals surface area contributed by atoms with E-state index in [2.05, 4.69) is 40.0 Å². The van der Waals surface area contributed by atoms with Crippen molar-refractivity contribution in [2.45, 2.75) is 13.8 Å². The Morgan fingerprint density at radius 1 is 1.17 bits per heavy atom. The zero-order valence-electron chi connectivity index (χ0n) is 11.3. The van der Waals surface area contributed by atoms with Crippen LogP contribution in [0.4, 0.5) is 0 Å². The summed E-state index contributed by atoms with van der Waals surface area (Å²) in [6.45, 7) is 10.3.